The molecule has 1 aliphatic carbocycles. The van der Waals surface area contributed by atoms with E-state index in [2.05, 4.69) is 11.1 Å². The van der Waals surface area contributed by atoms with Crippen LogP contribution in [0.1, 0.15) is 37.2 Å². The van der Waals surface area contributed by atoms with Crippen LogP contribution >= 0.6 is 0 Å². The topological polar surface area (TPSA) is 33.1 Å². The second-order valence-corrected chi connectivity index (χ2v) is 3.80. The Morgan fingerprint density at radius 3 is 3.00 bits per heavy atom. The molecule has 70 valence electrons. The van der Waals surface area contributed by atoms with Gasteiger partial charge in [-0.2, -0.15) is 0 Å². The summed E-state index contributed by atoms with van der Waals surface area (Å²) in [6.07, 6.45) is 7.83. The van der Waals surface area contributed by atoms with Gasteiger partial charge in [-0.1, -0.05) is 12.5 Å². The molecule has 1 aromatic heterocycles. The molecule has 2 heteroatoms. The Bertz CT molecular complexity index is 260. The third-order valence-corrected chi connectivity index (χ3v) is 2.80. The fourth-order valence-electron chi connectivity index (χ4n) is 2.08. The number of hydrogen-bond acceptors (Lipinski definition) is 2. The highest BCUT2D eigenvalue weighted by Gasteiger charge is 2.21. The number of nitrogens with zero attached hydrogens (tertiary/aromatic N) is 1. The van der Waals surface area contributed by atoms with Gasteiger partial charge in [-0.15, -0.1) is 0 Å². The minimum atomic E-state index is -0.0982. The van der Waals surface area contributed by atoms with Crippen molar-refractivity contribution in [3.8, 4) is 0 Å². The fraction of sp³-hybridized carbons (Fsp3) is 0.545. The first-order valence-electron chi connectivity index (χ1n) is 4.94. The largest absolute Gasteiger partial charge is 0.393 e. The average Bonchev–Trinajstić information content (AvgIpc) is 2.19. The van der Waals surface area contributed by atoms with E-state index >= 15 is 0 Å². The second-order valence-electron chi connectivity index (χ2n) is 3.80. The van der Waals surface area contributed by atoms with Gasteiger partial charge in [0, 0.05) is 12.4 Å². The van der Waals surface area contributed by atoms with Crippen molar-refractivity contribution in [1.29, 1.82) is 0 Å². The van der Waals surface area contributed by atoms with Gasteiger partial charge in [0.15, 0.2) is 0 Å². The molecule has 2 nitrogen and oxygen atoms in total. The van der Waals surface area contributed by atoms with Crippen molar-refractivity contribution in [2.24, 2.45) is 0 Å². The smallest absolute Gasteiger partial charge is 0.0546 e. The Labute approximate surface area is 78.6 Å². The van der Waals surface area contributed by atoms with Crippen LogP contribution in [-0.2, 0) is 0 Å². The zero-order chi connectivity index (χ0) is 9.10. The summed E-state index contributed by atoms with van der Waals surface area (Å²) in [4.78, 5) is 4.10. The van der Waals surface area contributed by atoms with Crippen LogP contribution in [0, 0.1) is 0 Å². The van der Waals surface area contributed by atoms with E-state index in [1.54, 1.807) is 6.20 Å². The molecule has 0 radical (unpaired) electrons. The summed E-state index contributed by atoms with van der Waals surface area (Å²) < 4.78 is 0. The molecule has 2 rings (SSSR count). The number of aliphatic hydroxyl groups excluding tert-OH is 1. The van der Waals surface area contributed by atoms with Crippen LogP contribution in [0.2, 0.25) is 0 Å². The molecule has 0 aromatic carbocycles. The molecule has 1 N–H and O–H groups in total. The maximum atomic E-state index is 9.52. The van der Waals surface area contributed by atoms with Crippen molar-refractivity contribution in [2.45, 2.75) is 37.7 Å². The highest BCUT2D eigenvalue weighted by molar-refractivity contribution is 5.15. The first kappa shape index (κ1) is 8.70. The van der Waals surface area contributed by atoms with Gasteiger partial charge in [-0.25, -0.2) is 0 Å². The minimum absolute atomic E-state index is 0.0982. The summed E-state index contributed by atoms with van der Waals surface area (Å²) >= 11 is 0. The molecule has 1 heterocycles. The van der Waals surface area contributed by atoms with Gasteiger partial charge < -0.3 is 5.11 Å². The van der Waals surface area contributed by atoms with Crippen molar-refractivity contribution < 1.29 is 5.11 Å². The average molecular weight is 177 g/mol. The fourth-order valence-corrected chi connectivity index (χ4v) is 2.08. The molecule has 2 atom stereocenters. The molecule has 0 amide bonds. The predicted molar refractivity (Wildman–Crippen MR) is 51.5 cm³/mol. The van der Waals surface area contributed by atoms with E-state index in [-0.39, 0.29) is 6.10 Å². The number of pyridine rings is 1. The third kappa shape index (κ3) is 2.07. The molecule has 2 unspecified atom stereocenters. The Balaban J connectivity index is 2.08. The van der Waals surface area contributed by atoms with E-state index in [1.165, 1.54) is 12.0 Å². The Hall–Kier alpha value is -0.890. The SMILES string of the molecule is OC1CCCC(c2cccnc2)C1. The van der Waals surface area contributed by atoms with Crippen LogP contribution in [-0.4, -0.2) is 16.2 Å². The van der Waals surface area contributed by atoms with Crippen LogP contribution in [0.3, 0.4) is 0 Å². The lowest BCUT2D eigenvalue weighted by atomic mass is 9.83. The first-order chi connectivity index (χ1) is 6.36. The maximum absolute atomic E-state index is 9.52. The number of hydrogen-bond donors (Lipinski definition) is 1. The van der Waals surface area contributed by atoms with E-state index in [0.29, 0.717) is 5.92 Å². The summed E-state index contributed by atoms with van der Waals surface area (Å²) in [5, 5.41) is 9.52. The van der Waals surface area contributed by atoms with Gasteiger partial charge >= 0.3 is 0 Å². The van der Waals surface area contributed by atoms with Crippen LogP contribution in [0.5, 0.6) is 0 Å². The van der Waals surface area contributed by atoms with E-state index in [9.17, 15) is 5.11 Å². The van der Waals surface area contributed by atoms with Gasteiger partial charge in [0.05, 0.1) is 6.10 Å². The van der Waals surface area contributed by atoms with Crippen molar-refractivity contribution in [1.82, 2.24) is 4.98 Å². The molecular formula is C11H15NO. The lowest BCUT2D eigenvalue weighted by molar-refractivity contribution is 0.119. The molecule has 0 bridgehead atoms. The summed E-state index contributed by atoms with van der Waals surface area (Å²) in [5.41, 5.74) is 1.28. The highest BCUT2D eigenvalue weighted by Crippen LogP contribution is 2.32. The molecular weight excluding hydrogens is 162 g/mol. The monoisotopic (exact) mass is 177 g/mol. The maximum Gasteiger partial charge on any atom is 0.0546 e. The van der Waals surface area contributed by atoms with Crippen LogP contribution in [0.4, 0.5) is 0 Å². The molecule has 1 aliphatic rings. The quantitative estimate of drug-likeness (QED) is 0.712. The molecule has 13 heavy (non-hydrogen) atoms. The predicted octanol–water partition coefficient (Wildman–Crippen LogP) is 2.10. The van der Waals surface area contributed by atoms with Gasteiger partial charge in [0.1, 0.15) is 0 Å². The number of aromatic nitrogens is 1. The van der Waals surface area contributed by atoms with Crippen molar-refractivity contribution in [2.75, 3.05) is 0 Å². The van der Waals surface area contributed by atoms with E-state index < -0.39 is 0 Å². The lowest BCUT2D eigenvalue weighted by Gasteiger charge is -2.25. The highest BCUT2D eigenvalue weighted by atomic mass is 16.3. The minimum Gasteiger partial charge on any atom is -0.393 e. The Morgan fingerprint density at radius 2 is 2.31 bits per heavy atom. The molecule has 1 aromatic rings. The zero-order valence-corrected chi connectivity index (χ0v) is 7.69. The third-order valence-electron chi connectivity index (χ3n) is 2.80. The molecule has 0 aliphatic heterocycles. The van der Waals surface area contributed by atoms with E-state index in [0.717, 1.165) is 19.3 Å². The number of rotatable bonds is 1. The van der Waals surface area contributed by atoms with Crippen molar-refractivity contribution >= 4 is 0 Å². The molecule has 0 saturated heterocycles. The Kier molecular flexibility index (Phi) is 2.60. The van der Waals surface area contributed by atoms with Gasteiger partial charge in [-0.3, -0.25) is 4.98 Å². The normalized spacial score (nSPS) is 28.7. The van der Waals surface area contributed by atoms with Crippen molar-refractivity contribution in [3.05, 3.63) is 30.1 Å². The van der Waals surface area contributed by atoms with Gasteiger partial charge in [0.25, 0.3) is 0 Å². The first-order valence-corrected chi connectivity index (χ1v) is 4.94. The van der Waals surface area contributed by atoms with Crippen LogP contribution < -0.4 is 0 Å². The molecule has 1 fully saturated rings. The summed E-state index contributed by atoms with van der Waals surface area (Å²) in [7, 11) is 0. The van der Waals surface area contributed by atoms with E-state index in [1.807, 2.05) is 12.3 Å². The number of aliphatic hydroxyl groups is 1. The Morgan fingerprint density at radius 1 is 1.38 bits per heavy atom. The molecule has 0 spiro atoms. The van der Waals surface area contributed by atoms with Crippen molar-refractivity contribution in [3.63, 3.8) is 0 Å². The summed E-state index contributed by atoms with van der Waals surface area (Å²) in [6.45, 7) is 0. The summed E-state index contributed by atoms with van der Waals surface area (Å²) in [5.74, 6) is 0.525. The van der Waals surface area contributed by atoms with Crippen LogP contribution in [0.25, 0.3) is 0 Å². The lowest BCUT2D eigenvalue weighted by Crippen LogP contribution is -2.18. The standard InChI is InChI=1S/C11H15NO/c13-11-5-1-3-9(7-11)10-4-2-6-12-8-10/h2,4,6,8-9,11,13H,1,3,5,7H2. The summed E-state index contributed by atoms with van der Waals surface area (Å²) in [6, 6.07) is 4.08. The molecule has 1 saturated carbocycles. The van der Waals surface area contributed by atoms with Gasteiger partial charge in [0.2, 0.25) is 0 Å². The van der Waals surface area contributed by atoms with Gasteiger partial charge in [-0.05, 0) is 36.8 Å². The zero-order valence-electron chi connectivity index (χ0n) is 7.69. The van der Waals surface area contributed by atoms with Crippen LogP contribution in [0.15, 0.2) is 24.5 Å². The van der Waals surface area contributed by atoms with E-state index in [4.69, 9.17) is 0 Å². The second kappa shape index (κ2) is 3.88.